The van der Waals surface area contributed by atoms with E-state index < -0.39 is 0 Å². The van der Waals surface area contributed by atoms with Crippen LogP contribution >= 0.6 is 11.3 Å². The Morgan fingerprint density at radius 1 is 0.970 bits per heavy atom. The maximum absolute atomic E-state index is 13.4. The van der Waals surface area contributed by atoms with Crippen LogP contribution in [0.2, 0.25) is 0 Å². The smallest absolute Gasteiger partial charge is 0.289 e. The summed E-state index contributed by atoms with van der Waals surface area (Å²) in [5.74, 6) is 0.394. The predicted molar refractivity (Wildman–Crippen MR) is 128 cm³/mol. The minimum atomic E-state index is -0.102. The normalized spacial score (nSPS) is 19.2. The Morgan fingerprint density at radius 3 is 2.61 bits per heavy atom. The van der Waals surface area contributed by atoms with E-state index in [1.807, 2.05) is 16.2 Å². The standard InChI is InChI=1S/C26H29N3O3S/c1-19-6-2-3-7-20(19)25-21-10-17-33-23(21)9-13-29(25)18-24(30)27-11-5-12-28(15-14-27)26(31)22-8-4-16-32-22/h2-4,6-8,10,16-17,25H,5,9,11-15,18H2,1H3. The largest absolute Gasteiger partial charge is 0.459 e. The third-order valence-electron chi connectivity index (χ3n) is 6.75. The van der Waals surface area contributed by atoms with Crippen LogP contribution in [0.3, 0.4) is 0 Å². The lowest BCUT2D eigenvalue weighted by atomic mass is 9.90. The molecule has 0 N–H and O–H groups in total. The summed E-state index contributed by atoms with van der Waals surface area (Å²) in [7, 11) is 0. The van der Waals surface area contributed by atoms with Crippen molar-refractivity contribution in [2.45, 2.75) is 25.8 Å². The van der Waals surface area contributed by atoms with E-state index in [2.05, 4.69) is 47.5 Å². The third-order valence-corrected chi connectivity index (χ3v) is 7.75. The summed E-state index contributed by atoms with van der Waals surface area (Å²) in [6, 6.07) is 14.2. The molecule has 1 fully saturated rings. The minimum absolute atomic E-state index is 0.102. The van der Waals surface area contributed by atoms with E-state index in [0.29, 0.717) is 38.5 Å². The van der Waals surface area contributed by atoms with Crippen molar-refractivity contribution >= 4 is 23.2 Å². The highest BCUT2D eigenvalue weighted by molar-refractivity contribution is 7.10. The van der Waals surface area contributed by atoms with E-state index in [1.54, 1.807) is 17.0 Å². The van der Waals surface area contributed by atoms with Crippen molar-refractivity contribution in [2.24, 2.45) is 0 Å². The van der Waals surface area contributed by atoms with Gasteiger partial charge < -0.3 is 14.2 Å². The Balaban J connectivity index is 1.29. The highest BCUT2D eigenvalue weighted by atomic mass is 32.1. The lowest BCUT2D eigenvalue weighted by Gasteiger charge is -2.37. The molecule has 5 rings (SSSR count). The van der Waals surface area contributed by atoms with Gasteiger partial charge in [0.15, 0.2) is 5.76 Å². The van der Waals surface area contributed by atoms with Gasteiger partial charge in [-0.2, -0.15) is 0 Å². The summed E-state index contributed by atoms with van der Waals surface area (Å²) in [4.78, 5) is 33.5. The van der Waals surface area contributed by atoms with Crippen LogP contribution < -0.4 is 0 Å². The van der Waals surface area contributed by atoms with Crippen molar-refractivity contribution in [3.8, 4) is 0 Å². The number of fused-ring (bicyclic) bond motifs is 1. The number of thiophene rings is 1. The van der Waals surface area contributed by atoms with Crippen molar-refractivity contribution in [2.75, 3.05) is 39.3 Å². The number of aryl methyl sites for hydroxylation is 1. The average molecular weight is 464 g/mol. The molecule has 3 aromatic rings. The van der Waals surface area contributed by atoms with Crippen LogP contribution in [0, 0.1) is 6.92 Å². The van der Waals surface area contributed by atoms with Crippen LogP contribution in [-0.4, -0.2) is 65.8 Å². The Morgan fingerprint density at radius 2 is 1.79 bits per heavy atom. The van der Waals surface area contributed by atoms with E-state index >= 15 is 0 Å². The van der Waals surface area contributed by atoms with Gasteiger partial charge in [-0.25, -0.2) is 0 Å². The first-order valence-electron chi connectivity index (χ1n) is 11.6. The van der Waals surface area contributed by atoms with Crippen LogP contribution in [-0.2, 0) is 11.2 Å². The molecule has 2 aliphatic heterocycles. The van der Waals surface area contributed by atoms with Crippen LogP contribution in [0.5, 0.6) is 0 Å². The van der Waals surface area contributed by atoms with E-state index in [1.165, 1.54) is 27.8 Å². The second-order valence-corrected chi connectivity index (χ2v) is 9.78. The number of carbonyl (C=O) groups is 2. The number of rotatable bonds is 4. The lowest BCUT2D eigenvalue weighted by Crippen LogP contribution is -2.45. The number of amides is 2. The second kappa shape index (κ2) is 9.53. The summed E-state index contributed by atoms with van der Waals surface area (Å²) >= 11 is 1.82. The first-order chi connectivity index (χ1) is 16.1. The molecule has 1 saturated heterocycles. The highest BCUT2D eigenvalue weighted by Gasteiger charge is 2.33. The molecule has 0 saturated carbocycles. The monoisotopic (exact) mass is 463 g/mol. The van der Waals surface area contributed by atoms with E-state index in [9.17, 15) is 9.59 Å². The molecule has 7 heteroatoms. The topological polar surface area (TPSA) is 57.0 Å². The molecule has 2 amide bonds. The second-order valence-electron chi connectivity index (χ2n) is 8.78. The molecule has 4 heterocycles. The molecule has 0 radical (unpaired) electrons. The molecule has 6 nitrogen and oxygen atoms in total. The number of nitrogens with zero attached hydrogens (tertiary/aromatic N) is 3. The molecule has 0 spiro atoms. The first kappa shape index (κ1) is 21.9. The zero-order valence-corrected chi connectivity index (χ0v) is 19.7. The first-order valence-corrected chi connectivity index (χ1v) is 12.5. The SMILES string of the molecule is Cc1ccccc1C1c2ccsc2CCN1CC(=O)N1CCCN(C(=O)c2ccco2)CC1. The highest BCUT2D eigenvalue weighted by Crippen LogP contribution is 2.38. The van der Waals surface area contributed by atoms with Crippen molar-refractivity contribution in [3.63, 3.8) is 0 Å². The van der Waals surface area contributed by atoms with Crippen molar-refractivity contribution < 1.29 is 14.0 Å². The minimum Gasteiger partial charge on any atom is -0.459 e. The summed E-state index contributed by atoms with van der Waals surface area (Å²) in [6.07, 6.45) is 3.27. The van der Waals surface area contributed by atoms with Crippen molar-refractivity contribution in [1.82, 2.24) is 14.7 Å². The van der Waals surface area contributed by atoms with Crippen LogP contribution in [0.1, 0.15) is 44.6 Å². The molecule has 2 aromatic heterocycles. The molecule has 0 aliphatic carbocycles. The maximum Gasteiger partial charge on any atom is 0.289 e. The fourth-order valence-electron chi connectivity index (χ4n) is 5.00. The number of furan rings is 1. The molecular formula is C26H29N3O3S. The quantitative estimate of drug-likeness (QED) is 0.588. The summed E-state index contributed by atoms with van der Waals surface area (Å²) < 4.78 is 5.27. The van der Waals surface area contributed by atoms with Gasteiger partial charge in [0.2, 0.25) is 5.91 Å². The van der Waals surface area contributed by atoms with Gasteiger partial charge in [0, 0.05) is 37.6 Å². The molecule has 172 valence electrons. The maximum atomic E-state index is 13.4. The van der Waals surface area contributed by atoms with Crippen molar-refractivity contribution in [1.29, 1.82) is 0 Å². The molecule has 0 bridgehead atoms. The van der Waals surface area contributed by atoms with E-state index in [0.717, 1.165) is 19.4 Å². The van der Waals surface area contributed by atoms with Gasteiger partial charge >= 0.3 is 0 Å². The number of carbonyl (C=O) groups excluding carboxylic acids is 2. The number of benzene rings is 1. The van der Waals surface area contributed by atoms with E-state index in [-0.39, 0.29) is 17.9 Å². The Labute approximate surface area is 198 Å². The lowest BCUT2D eigenvalue weighted by molar-refractivity contribution is -0.132. The Bertz CT molecular complexity index is 1120. The molecule has 1 atom stereocenters. The zero-order valence-electron chi connectivity index (χ0n) is 18.9. The number of hydrogen-bond acceptors (Lipinski definition) is 5. The molecular weight excluding hydrogens is 434 g/mol. The molecule has 1 unspecified atom stereocenters. The third kappa shape index (κ3) is 4.48. The molecule has 33 heavy (non-hydrogen) atoms. The molecule has 1 aromatic carbocycles. The van der Waals surface area contributed by atoms with Gasteiger partial charge in [-0.3, -0.25) is 14.5 Å². The van der Waals surface area contributed by atoms with Crippen LogP contribution in [0.15, 0.2) is 58.5 Å². The molecule has 2 aliphatic rings. The summed E-state index contributed by atoms with van der Waals surface area (Å²) in [5.41, 5.74) is 3.86. The fourth-order valence-corrected chi connectivity index (χ4v) is 5.90. The summed E-state index contributed by atoms with van der Waals surface area (Å²) in [6.45, 7) is 5.80. The fraction of sp³-hybridized carbons (Fsp3) is 0.385. The summed E-state index contributed by atoms with van der Waals surface area (Å²) in [5, 5.41) is 2.17. The van der Waals surface area contributed by atoms with Gasteiger partial charge in [-0.15, -0.1) is 11.3 Å². The predicted octanol–water partition coefficient (Wildman–Crippen LogP) is 3.97. The van der Waals surface area contributed by atoms with Gasteiger partial charge in [0.1, 0.15) is 0 Å². The zero-order chi connectivity index (χ0) is 22.8. The average Bonchev–Trinajstić information content (AvgIpc) is 3.47. The Kier molecular flexibility index (Phi) is 6.33. The van der Waals surface area contributed by atoms with Crippen LogP contribution in [0.25, 0.3) is 0 Å². The Hall–Kier alpha value is -2.90. The van der Waals surface area contributed by atoms with Gasteiger partial charge in [-0.1, -0.05) is 24.3 Å². The van der Waals surface area contributed by atoms with Gasteiger partial charge in [0.05, 0.1) is 18.8 Å². The van der Waals surface area contributed by atoms with E-state index in [4.69, 9.17) is 4.42 Å². The van der Waals surface area contributed by atoms with Gasteiger partial charge in [-0.05, 0) is 60.0 Å². The van der Waals surface area contributed by atoms with Crippen molar-refractivity contribution in [3.05, 3.63) is 81.4 Å². The number of hydrogen-bond donors (Lipinski definition) is 0. The van der Waals surface area contributed by atoms with Gasteiger partial charge in [0.25, 0.3) is 5.91 Å². The van der Waals surface area contributed by atoms with Crippen LogP contribution in [0.4, 0.5) is 0 Å².